The number of benzene rings is 2. The molecule has 4 heteroatoms. The molecule has 1 saturated heterocycles. The van der Waals surface area contributed by atoms with Crippen molar-refractivity contribution in [3.63, 3.8) is 0 Å². The fraction of sp³-hybridized carbons (Fsp3) is 0.381. The molecule has 2 bridgehead atoms. The molecule has 0 radical (unpaired) electrons. The monoisotopic (exact) mass is 335 g/mol. The van der Waals surface area contributed by atoms with Gasteiger partial charge in [-0.1, -0.05) is 48.5 Å². The van der Waals surface area contributed by atoms with Crippen LogP contribution in [0.15, 0.2) is 48.5 Å². The van der Waals surface area contributed by atoms with E-state index in [2.05, 4.69) is 36.4 Å². The second-order valence-electron chi connectivity index (χ2n) is 7.41. The summed E-state index contributed by atoms with van der Waals surface area (Å²) in [6, 6.07) is 16.9. The Morgan fingerprint density at radius 3 is 2.24 bits per heavy atom. The summed E-state index contributed by atoms with van der Waals surface area (Å²) in [4.78, 5) is 14.4. The van der Waals surface area contributed by atoms with Gasteiger partial charge in [0, 0.05) is 24.4 Å². The van der Waals surface area contributed by atoms with Crippen molar-refractivity contribution < 1.29 is 14.6 Å². The van der Waals surface area contributed by atoms with E-state index in [9.17, 15) is 9.90 Å². The number of amides is 1. The molecule has 2 aromatic carbocycles. The van der Waals surface area contributed by atoms with Crippen molar-refractivity contribution >= 4 is 6.09 Å². The highest BCUT2D eigenvalue weighted by Gasteiger charge is 2.46. The quantitative estimate of drug-likeness (QED) is 0.915. The Balaban J connectivity index is 1.34. The smallest absolute Gasteiger partial charge is 0.410 e. The van der Waals surface area contributed by atoms with Gasteiger partial charge in [0.2, 0.25) is 0 Å². The lowest BCUT2D eigenvalue weighted by Crippen LogP contribution is -2.42. The van der Waals surface area contributed by atoms with E-state index < -0.39 is 0 Å². The summed E-state index contributed by atoms with van der Waals surface area (Å²) in [6.07, 6.45) is 1.11. The zero-order chi connectivity index (χ0) is 17.0. The molecule has 0 spiro atoms. The Bertz CT molecular complexity index is 786. The number of aliphatic hydroxyl groups is 1. The Labute approximate surface area is 147 Å². The van der Waals surface area contributed by atoms with E-state index in [4.69, 9.17) is 4.74 Å². The van der Waals surface area contributed by atoms with Crippen molar-refractivity contribution in [3.8, 4) is 11.1 Å². The second-order valence-corrected chi connectivity index (χ2v) is 7.41. The molecule has 2 fully saturated rings. The number of likely N-dealkylation sites (tertiary alicyclic amines) is 1. The standard InChI is InChI=1S/C21H21NO3/c23-20-10-14-9-13(20)11-22(14)21(24)25-12-19-17-7-3-1-5-15(17)16-6-2-4-8-18(16)19/h1-8,13-14,19-20,23H,9-12H2/t13-,14-,20+/m0/s1. The van der Waals surface area contributed by atoms with Gasteiger partial charge in [0.1, 0.15) is 6.61 Å². The van der Waals surface area contributed by atoms with E-state index >= 15 is 0 Å². The Morgan fingerprint density at radius 2 is 1.68 bits per heavy atom. The van der Waals surface area contributed by atoms with Crippen LogP contribution >= 0.6 is 0 Å². The topological polar surface area (TPSA) is 49.8 Å². The number of hydrogen-bond donors (Lipinski definition) is 1. The van der Waals surface area contributed by atoms with E-state index in [1.807, 2.05) is 17.0 Å². The highest BCUT2D eigenvalue weighted by Crippen LogP contribution is 2.45. The van der Waals surface area contributed by atoms with E-state index in [0.717, 1.165) is 6.42 Å². The molecule has 25 heavy (non-hydrogen) atoms. The predicted octanol–water partition coefficient (Wildman–Crippen LogP) is 3.39. The zero-order valence-electron chi connectivity index (χ0n) is 14.0. The van der Waals surface area contributed by atoms with Crippen LogP contribution in [-0.2, 0) is 4.74 Å². The number of piperidine rings is 1. The molecule has 2 aliphatic carbocycles. The van der Waals surface area contributed by atoms with Crippen LogP contribution in [0.4, 0.5) is 4.79 Å². The van der Waals surface area contributed by atoms with E-state index in [1.165, 1.54) is 22.3 Å². The van der Waals surface area contributed by atoms with Gasteiger partial charge in [-0.2, -0.15) is 0 Å². The predicted molar refractivity (Wildman–Crippen MR) is 94.3 cm³/mol. The SMILES string of the molecule is O=C(OCC1c2ccccc2-c2ccccc21)N1C[C@@H]2C[C@H]1C[C@H]2O. The van der Waals surface area contributed by atoms with Gasteiger partial charge in [-0.25, -0.2) is 4.79 Å². The van der Waals surface area contributed by atoms with Gasteiger partial charge in [-0.05, 0) is 35.1 Å². The Hall–Kier alpha value is -2.33. The number of aliphatic hydroxyl groups excluding tert-OH is 1. The maximum atomic E-state index is 12.5. The fourth-order valence-corrected chi connectivity index (χ4v) is 4.83. The minimum Gasteiger partial charge on any atom is -0.448 e. The lowest BCUT2D eigenvalue weighted by Gasteiger charge is -2.29. The first-order chi connectivity index (χ1) is 12.2. The van der Waals surface area contributed by atoms with Gasteiger partial charge in [0.25, 0.3) is 0 Å². The average molecular weight is 335 g/mol. The molecule has 1 heterocycles. The van der Waals surface area contributed by atoms with Crippen molar-refractivity contribution in [3.05, 3.63) is 59.7 Å². The van der Waals surface area contributed by atoms with Crippen LogP contribution in [-0.4, -0.2) is 41.4 Å². The molecule has 1 saturated carbocycles. The van der Waals surface area contributed by atoms with Crippen molar-refractivity contribution in [1.82, 2.24) is 4.90 Å². The fourth-order valence-electron chi connectivity index (χ4n) is 4.83. The van der Waals surface area contributed by atoms with Gasteiger partial charge in [0.15, 0.2) is 0 Å². The zero-order valence-corrected chi connectivity index (χ0v) is 14.0. The van der Waals surface area contributed by atoms with Crippen LogP contribution in [0.25, 0.3) is 11.1 Å². The highest BCUT2D eigenvalue weighted by molar-refractivity contribution is 5.79. The van der Waals surface area contributed by atoms with E-state index in [0.29, 0.717) is 19.6 Å². The van der Waals surface area contributed by atoms with Gasteiger partial charge in [-0.3, -0.25) is 0 Å². The second kappa shape index (κ2) is 5.60. The third-order valence-electron chi connectivity index (χ3n) is 6.08. The maximum Gasteiger partial charge on any atom is 0.410 e. The summed E-state index contributed by atoms with van der Waals surface area (Å²) in [7, 11) is 0. The maximum absolute atomic E-state index is 12.5. The Kier molecular flexibility index (Phi) is 3.35. The molecular formula is C21H21NO3. The summed E-state index contributed by atoms with van der Waals surface area (Å²) >= 11 is 0. The molecule has 1 amide bonds. The van der Waals surface area contributed by atoms with E-state index in [1.54, 1.807) is 0 Å². The summed E-state index contributed by atoms with van der Waals surface area (Å²) in [5.41, 5.74) is 4.94. The number of ether oxygens (including phenoxy) is 1. The third-order valence-corrected chi connectivity index (χ3v) is 6.08. The average Bonchev–Trinajstić information content (AvgIpc) is 3.30. The Morgan fingerprint density at radius 1 is 1.04 bits per heavy atom. The molecule has 3 atom stereocenters. The third kappa shape index (κ3) is 2.28. The summed E-state index contributed by atoms with van der Waals surface area (Å²) < 4.78 is 5.72. The first-order valence-corrected chi connectivity index (χ1v) is 9.02. The number of carbonyl (C=O) groups excluding carboxylic acids is 1. The number of rotatable bonds is 2. The van der Waals surface area contributed by atoms with Crippen molar-refractivity contribution in [2.24, 2.45) is 5.92 Å². The van der Waals surface area contributed by atoms with E-state index in [-0.39, 0.29) is 30.1 Å². The van der Waals surface area contributed by atoms with Crippen LogP contribution in [0, 0.1) is 5.92 Å². The molecule has 0 unspecified atom stereocenters. The normalized spacial score (nSPS) is 26.6. The van der Waals surface area contributed by atoms with Crippen LogP contribution in [0.5, 0.6) is 0 Å². The summed E-state index contributed by atoms with van der Waals surface area (Å²) in [5.74, 6) is 0.326. The molecule has 0 aromatic heterocycles. The van der Waals surface area contributed by atoms with Crippen molar-refractivity contribution in [2.75, 3.05) is 13.2 Å². The van der Waals surface area contributed by atoms with Crippen molar-refractivity contribution in [1.29, 1.82) is 0 Å². The molecule has 4 nitrogen and oxygen atoms in total. The lowest BCUT2D eigenvalue weighted by molar-refractivity contribution is 0.0536. The van der Waals surface area contributed by atoms with Gasteiger partial charge in [-0.15, -0.1) is 0 Å². The lowest BCUT2D eigenvalue weighted by atomic mass is 9.98. The molecule has 2 aromatic rings. The number of nitrogens with zero attached hydrogens (tertiary/aromatic N) is 1. The van der Waals surface area contributed by atoms with Crippen LogP contribution < -0.4 is 0 Å². The minimum atomic E-state index is -0.248. The summed E-state index contributed by atoms with van der Waals surface area (Å²) in [6.45, 7) is 0.992. The first kappa shape index (κ1) is 15.0. The molecule has 5 rings (SSSR count). The number of hydrogen-bond acceptors (Lipinski definition) is 3. The van der Waals surface area contributed by atoms with Gasteiger partial charge < -0.3 is 14.7 Å². The number of fused-ring (bicyclic) bond motifs is 5. The van der Waals surface area contributed by atoms with Crippen molar-refractivity contribution in [2.45, 2.75) is 30.9 Å². The first-order valence-electron chi connectivity index (χ1n) is 9.02. The highest BCUT2D eigenvalue weighted by atomic mass is 16.6. The summed E-state index contributed by atoms with van der Waals surface area (Å²) in [5, 5.41) is 9.86. The largest absolute Gasteiger partial charge is 0.448 e. The van der Waals surface area contributed by atoms with Crippen LogP contribution in [0.3, 0.4) is 0 Å². The molecule has 1 aliphatic heterocycles. The molecule has 3 aliphatic rings. The molecule has 1 N–H and O–H groups in total. The molecular weight excluding hydrogens is 314 g/mol. The minimum absolute atomic E-state index is 0.0988. The van der Waals surface area contributed by atoms with Gasteiger partial charge >= 0.3 is 6.09 Å². The number of carbonyl (C=O) groups is 1. The van der Waals surface area contributed by atoms with Crippen LogP contribution in [0.1, 0.15) is 29.9 Å². The van der Waals surface area contributed by atoms with Crippen LogP contribution in [0.2, 0.25) is 0 Å². The molecule has 128 valence electrons. The van der Waals surface area contributed by atoms with Gasteiger partial charge in [0.05, 0.1) is 6.10 Å².